The van der Waals surface area contributed by atoms with Crippen molar-refractivity contribution in [1.82, 2.24) is 4.90 Å². The maximum absolute atomic E-state index is 13.0. The number of piperazine rings is 1. The van der Waals surface area contributed by atoms with Crippen LogP contribution in [0.1, 0.15) is 37.3 Å². The normalized spacial score (nSPS) is 17.8. The summed E-state index contributed by atoms with van der Waals surface area (Å²) in [6, 6.07) is 16.8. The van der Waals surface area contributed by atoms with Crippen LogP contribution in [0.4, 0.5) is 5.69 Å². The van der Waals surface area contributed by atoms with Gasteiger partial charge in [-0.25, -0.2) is 0 Å². The monoisotopic (exact) mass is 378 g/mol. The van der Waals surface area contributed by atoms with Crippen molar-refractivity contribution in [3.05, 3.63) is 59.7 Å². The molecule has 4 heteroatoms. The maximum Gasteiger partial charge on any atom is 0.263 e. The predicted molar refractivity (Wildman–Crippen MR) is 113 cm³/mol. The van der Waals surface area contributed by atoms with Crippen molar-refractivity contribution in [2.24, 2.45) is 0 Å². The molecule has 0 bridgehead atoms. The summed E-state index contributed by atoms with van der Waals surface area (Å²) in [4.78, 5) is 17.4. The van der Waals surface area contributed by atoms with Crippen LogP contribution in [0.15, 0.2) is 48.5 Å². The first kappa shape index (κ1) is 18.9. The third kappa shape index (κ3) is 4.16. The van der Waals surface area contributed by atoms with Gasteiger partial charge in [-0.15, -0.1) is 0 Å². The van der Waals surface area contributed by atoms with E-state index in [-0.39, 0.29) is 5.91 Å². The third-order valence-corrected chi connectivity index (χ3v) is 5.96. The first-order valence-electron chi connectivity index (χ1n) is 10.6. The number of amides is 1. The fraction of sp³-hybridized carbons (Fsp3) is 0.458. The van der Waals surface area contributed by atoms with Gasteiger partial charge in [-0.2, -0.15) is 0 Å². The lowest BCUT2D eigenvalue weighted by Crippen LogP contribution is -2.52. The zero-order valence-corrected chi connectivity index (χ0v) is 16.8. The third-order valence-electron chi connectivity index (χ3n) is 5.96. The summed E-state index contributed by atoms with van der Waals surface area (Å²) in [5.74, 6) is 0.955. The molecular formula is C24H30N2O2. The van der Waals surface area contributed by atoms with E-state index in [1.807, 2.05) is 24.0 Å². The van der Waals surface area contributed by atoms with Crippen LogP contribution < -0.4 is 9.64 Å². The molecule has 1 aliphatic heterocycles. The van der Waals surface area contributed by atoms with Gasteiger partial charge < -0.3 is 14.5 Å². The maximum atomic E-state index is 13.0. The Hall–Kier alpha value is -2.49. The smallest absolute Gasteiger partial charge is 0.263 e. The Morgan fingerprint density at radius 1 is 0.964 bits per heavy atom. The molecule has 2 aromatic carbocycles. The molecule has 1 atom stereocenters. The molecule has 0 saturated carbocycles. The van der Waals surface area contributed by atoms with Gasteiger partial charge in [-0.3, -0.25) is 4.79 Å². The number of fused-ring (bicyclic) bond motifs is 1. The summed E-state index contributed by atoms with van der Waals surface area (Å²) in [5.41, 5.74) is 4.06. The fourth-order valence-electron chi connectivity index (χ4n) is 4.28. The second kappa shape index (κ2) is 8.68. The van der Waals surface area contributed by atoms with Gasteiger partial charge in [0.25, 0.3) is 5.91 Å². The number of carbonyl (C=O) groups excluding carboxylic acids is 1. The summed E-state index contributed by atoms with van der Waals surface area (Å²) in [7, 11) is 0. The molecule has 0 aromatic heterocycles. The molecule has 1 unspecified atom stereocenters. The Morgan fingerprint density at radius 2 is 1.68 bits per heavy atom. The molecule has 1 saturated heterocycles. The van der Waals surface area contributed by atoms with Gasteiger partial charge >= 0.3 is 0 Å². The molecule has 4 rings (SSSR count). The average Bonchev–Trinajstić information content (AvgIpc) is 2.77. The quantitative estimate of drug-likeness (QED) is 0.786. The molecular weight excluding hydrogens is 348 g/mol. The van der Waals surface area contributed by atoms with Gasteiger partial charge in [-0.05, 0) is 67.5 Å². The van der Waals surface area contributed by atoms with Crippen LogP contribution in [-0.2, 0) is 17.6 Å². The lowest BCUT2D eigenvalue weighted by atomic mass is 9.92. The summed E-state index contributed by atoms with van der Waals surface area (Å²) in [5, 5.41) is 0. The van der Waals surface area contributed by atoms with Crippen molar-refractivity contribution in [2.45, 2.75) is 45.1 Å². The Bertz CT molecular complexity index is 798. The Labute approximate surface area is 168 Å². The molecule has 1 aliphatic carbocycles. The van der Waals surface area contributed by atoms with E-state index in [9.17, 15) is 4.79 Å². The van der Waals surface area contributed by atoms with E-state index >= 15 is 0 Å². The first-order chi connectivity index (χ1) is 13.7. The van der Waals surface area contributed by atoms with Crippen LogP contribution in [0.2, 0.25) is 0 Å². The van der Waals surface area contributed by atoms with Crippen molar-refractivity contribution in [2.75, 3.05) is 31.1 Å². The minimum atomic E-state index is -0.398. The number of rotatable bonds is 5. The van der Waals surface area contributed by atoms with Gasteiger partial charge in [0.1, 0.15) is 5.75 Å². The van der Waals surface area contributed by atoms with Gasteiger partial charge in [0.05, 0.1) is 0 Å². The Morgan fingerprint density at radius 3 is 2.39 bits per heavy atom. The van der Waals surface area contributed by atoms with Crippen LogP contribution in [0.5, 0.6) is 5.75 Å². The Kier molecular flexibility index (Phi) is 5.84. The van der Waals surface area contributed by atoms with Crippen LogP contribution in [-0.4, -0.2) is 43.1 Å². The van der Waals surface area contributed by atoms with Crippen molar-refractivity contribution in [1.29, 1.82) is 0 Å². The minimum Gasteiger partial charge on any atom is -0.481 e. The number of benzene rings is 2. The van der Waals surface area contributed by atoms with Gasteiger partial charge in [0.2, 0.25) is 0 Å². The zero-order valence-electron chi connectivity index (χ0n) is 16.8. The van der Waals surface area contributed by atoms with Crippen LogP contribution >= 0.6 is 0 Å². The van der Waals surface area contributed by atoms with E-state index in [1.54, 1.807) is 0 Å². The lowest BCUT2D eigenvalue weighted by molar-refractivity contribution is -0.139. The highest BCUT2D eigenvalue weighted by Crippen LogP contribution is 2.26. The van der Waals surface area contributed by atoms with Crippen LogP contribution in [0, 0.1) is 0 Å². The summed E-state index contributed by atoms with van der Waals surface area (Å²) < 4.78 is 6.15. The van der Waals surface area contributed by atoms with E-state index in [0.29, 0.717) is 6.42 Å². The van der Waals surface area contributed by atoms with E-state index in [1.165, 1.54) is 29.7 Å². The minimum absolute atomic E-state index is 0.118. The largest absolute Gasteiger partial charge is 0.481 e. The van der Waals surface area contributed by atoms with E-state index in [2.05, 4.69) is 41.3 Å². The molecule has 0 radical (unpaired) electrons. The number of anilines is 1. The van der Waals surface area contributed by atoms with E-state index in [4.69, 9.17) is 4.74 Å². The van der Waals surface area contributed by atoms with Crippen molar-refractivity contribution in [3.63, 3.8) is 0 Å². The lowest BCUT2D eigenvalue weighted by Gasteiger charge is -2.37. The molecule has 1 heterocycles. The highest BCUT2D eigenvalue weighted by Gasteiger charge is 2.28. The molecule has 148 valence electrons. The standard InChI is InChI=1S/C24H30N2O2/c1-2-23(28-22-13-12-19-8-6-7-9-20(19)18-22)24(27)26-16-14-25(15-17-26)21-10-4-3-5-11-21/h3-5,10-13,18,23H,2,6-9,14-17H2,1H3. The highest BCUT2D eigenvalue weighted by atomic mass is 16.5. The number of hydrogen-bond donors (Lipinski definition) is 0. The van der Waals surface area contributed by atoms with Crippen LogP contribution in [0.25, 0.3) is 0 Å². The number of ether oxygens (including phenoxy) is 1. The molecule has 4 nitrogen and oxygen atoms in total. The molecule has 28 heavy (non-hydrogen) atoms. The molecule has 0 spiro atoms. The summed E-state index contributed by atoms with van der Waals surface area (Å²) in [6.45, 7) is 5.26. The van der Waals surface area contributed by atoms with E-state index < -0.39 is 6.10 Å². The van der Waals surface area contributed by atoms with Gasteiger partial charge in [0.15, 0.2) is 6.10 Å². The van der Waals surface area contributed by atoms with Crippen molar-refractivity contribution >= 4 is 11.6 Å². The Balaban J connectivity index is 1.37. The summed E-state index contributed by atoms with van der Waals surface area (Å²) >= 11 is 0. The molecule has 0 N–H and O–H groups in total. The SMILES string of the molecule is CCC(Oc1ccc2c(c1)CCCC2)C(=O)N1CCN(c2ccccc2)CC1. The molecule has 1 amide bonds. The van der Waals surface area contributed by atoms with Crippen molar-refractivity contribution in [3.8, 4) is 5.75 Å². The highest BCUT2D eigenvalue weighted by molar-refractivity contribution is 5.81. The van der Waals surface area contributed by atoms with Crippen LogP contribution in [0.3, 0.4) is 0 Å². The molecule has 2 aromatic rings. The second-order valence-corrected chi connectivity index (χ2v) is 7.80. The molecule has 2 aliphatic rings. The number of carbonyl (C=O) groups is 1. The van der Waals surface area contributed by atoms with Crippen molar-refractivity contribution < 1.29 is 9.53 Å². The number of para-hydroxylation sites is 1. The van der Waals surface area contributed by atoms with Gasteiger partial charge in [-0.1, -0.05) is 31.2 Å². The molecule has 1 fully saturated rings. The number of aryl methyl sites for hydroxylation is 2. The zero-order chi connectivity index (χ0) is 19.3. The number of hydrogen-bond acceptors (Lipinski definition) is 3. The van der Waals surface area contributed by atoms with E-state index in [0.717, 1.165) is 44.8 Å². The van der Waals surface area contributed by atoms with Gasteiger partial charge in [0, 0.05) is 31.9 Å². The summed E-state index contributed by atoms with van der Waals surface area (Å²) in [6.07, 6.45) is 5.10. The number of nitrogens with zero attached hydrogens (tertiary/aromatic N) is 2. The average molecular weight is 379 g/mol. The topological polar surface area (TPSA) is 32.8 Å². The predicted octanol–water partition coefficient (Wildman–Crippen LogP) is 4.07. The fourth-order valence-corrected chi connectivity index (χ4v) is 4.28. The second-order valence-electron chi connectivity index (χ2n) is 7.80. The first-order valence-corrected chi connectivity index (χ1v) is 10.6.